The Labute approximate surface area is 82.1 Å². The molecular weight excluding hydrogens is 212 g/mol. The van der Waals surface area contributed by atoms with Crippen molar-refractivity contribution in [2.75, 3.05) is 0 Å². The van der Waals surface area contributed by atoms with Crippen molar-refractivity contribution in [3.63, 3.8) is 0 Å². The lowest BCUT2D eigenvalue weighted by molar-refractivity contribution is 1.02. The molecule has 0 fully saturated rings. The monoisotopic (exact) mass is 222 g/mol. The summed E-state index contributed by atoms with van der Waals surface area (Å²) in [5.74, 6) is 5.95. The maximum Gasteiger partial charge on any atom is 0.0207 e. The smallest absolute Gasteiger partial charge is 0.0207 e. The van der Waals surface area contributed by atoms with Gasteiger partial charge in [0, 0.05) is 10.9 Å². The number of halogens is 1. The van der Waals surface area contributed by atoms with Gasteiger partial charge in [0.25, 0.3) is 0 Å². The lowest BCUT2D eigenvalue weighted by Crippen LogP contribution is -1.84. The zero-order valence-corrected chi connectivity index (χ0v) is 8.69. The minimum Gasteiger partial charge on any atom is -0.107 e. The molecule has 1 aromatic rings. The average Bonchev–Trinajstić information content (AvgIpc) is 2.09. The van der Waals surface area contributed by atoms with Crippen molar-refractivity contribution in [1.82, 2.24) is 0 Å². The fourth-order valence-corrected chi connectivity index (χ4v) is 1.51. The highest BCUT2D eigenvalue weighted by molar-refractivity contribution is 9.10. The summed E-state index contributed by atoms with van der Waals surface area (Å²) in [7, 11) is 0. The SMILES string of the molecule is CC#CCCc1ccccc1Br. The second-order valence-electron chi connectivity index (χ2n) is 2.52. The standard InChI is InChI=1S/C11H11Br/c1-2-3-4-7-10-8-5-6-9-11(10)12/h5-6,8-9H,4,7H2,1H3. The number of rotatable bonds is 2. The Balaban J connectivity index is 2.61. The number of aryl methyl sites for hydroxylation is 1. The summed E-state index contributed by atoms with van der Waals surface area (Å²) in [5, 5.41) is 0. The first-order valence-corrected chi connectivity index (χ1v) is 4.77. The van der Waals surface area contributed by atoms with Crippen LogP contribution in [0.5, 0.6) is 0 Å². The van der Waals surface area contributed by atoms with E-state index in [0.29, 0.717) is 0 Å². The van der Waals surface area contributed by atoms with E-state index in [9.17, 15) is 0 Å². The molecule has 1 rings (SSSR count). The van der Waals surface area contributed by atoms with Gasteiger partial charge in [-0.3, -0.25) is 0 Å². The van der Waals surface area contributed by atoms with Crippen LogP contribution in [0.3, 0.4) is 0 Å². The molecule has 0 bridgehead atoms. The van der Waals surface area contributed by atoms with Gasteiger partial charge in [-0.2, -0.15) is 0 Å². The lowest BCUT2D eigenvalue weighted by atomic mass is 10.1. The highest BCUT2D eigenvalue weighted by Gasteiger charge is 1.95. The Morgan fingerprint density at radius 2 is 2.08 bits per heavy atom. The molecule has 0 radical (unpaired) electrons. The molecule has 0 unspecified atom stereocenters. The Morgan fingerprint density at radius 1 is 1.33 bits per heavy atom. The van der Waals surface area contributed by atoms with Crippen LogP contribution in [0.1, 0.15) is 18.9 Å². The zero-order valence-electron chi connectivity index (χ0n) is 7.10. The fourth-order valence-electron chi connectivity index (χ4n) is 1.02. The number of benzene rings is 1. The summed E-state index contributed by atoms with van der Waals surface area (Å²) in [5.41, 5.74) is 1.33. The third-order valence-electron chi connectivity index (χ3n) is 1.65. The molecule has 0 aliphatic rings. The summed E-state index contributed by atoms with van der Waals surface area (Å²) in [6.07, 6.45) is 1.97. The molecule has 1 aromatic carbocycles. The topological polar surface area (TPSA) is 0 Å². The third-order valence-corrected chi connectivity index (χ3v) is 2.43. The van der Waals surface area contributed by atoms with E-state index < -0.39 is 0 Å². The summed E-state index contributed by atoms with van der Waals surface area (Å²) in [6.45, 7) is 1.88. The van der Waals surface area contributed by atoms with Crippen LogP contribution >= 0.6 is 15.9 Å². The Morgan fingerprint density at radius 3 is 2.75 bits per heavy atom. The predicted octanol–water partition coefficient (Wildman–Crippen LogP) is 3.41. The van der Waals surface area contributed by atoms with E-state index in [1.165, 1.54) is 10.0 Å². The number of hydrogen-bond acceptors (Lipinski definition) is 0. The molecular formula is C11H11Br. The molecule has 0 aromatic heterocycles. The molecule has 0 heterocycles. The van der Waals surface area contributed by atoms with Crippen molar-refractivity contribution in [2.24, 2.45) is 0 Å². The highest BCUT2D eigenvalue weighted by atomic mass is 79.9. The maximum atomic E-state index is 3.50. The molecule has 62 valence electrons. The van der Waals surface area contributed by atoms with E-state index in [1.54, 1.807) is 0 Å². The first-order chi connectivity index (χ1) is 5.84. The van der Waals surface area contributed by atoms with Crippen LogP contribution in [0.25, 0.3) is 0 Å². The van der Waals surface area contributed by atoms with Crippen molar-refractivity contribution < 1.29 is 0 Å². The second-order valence-corrected chi connectivity index (χ2v) is 3.37. The first-order valence-electron chi connectivity index (χ1n) is 3.97. The fraction of sp³-hybridized carbons (Fsp3) is 0.273. The summed E-state index contributed by atoms with van der Waals surface area (Å²) in [6, 6.07) is 8.27. The van der Waals surface area contributed by atoms with Crippen LogP contribution < -0.4 is 0 Å². The Bertz CT molecular complexity index is 304. The van der Waals surface area contributed by atoms with Crippen molar-refractivity contribution in [2.45, 2.75) is 19.8 Å². The van der Waals surface area contributed by atoms with Crippen molar-refractivity contribution in [3.8, 4) is 11.8 Å². The largest absolute Gasteiger partial charge is 0.107 e. The molecule has 0 saturated carbocycles. The summed E-state index contributed by atoms with van der Waals surface area (Å²) >= 11 is 3.50. The van der Waals surface area contributed by atoms with E-state index in [0.717, 1.165) is 12.8 Å². The predicted molar refractivity (Wildman–Crippen MR) is 55.9 cm³/mol. The van der Waals surface area contributed by atoms with Gasteiger partial charge >= 0.3 is 0 Å². The highest BCUT2D eigenvalue weighted by Crippen LogP contribution is 2.16. The molecule has 0 nitrogen and oxygen atoms in total. The molecule has 0 amide bonds. The molecule has 12 heavy (non-hydrogen) atoms. The van der Waals surface area contributed by atoms with Crippen molar-refractivity contribution in [3.05, 3.63) is 34.3 Å². The van der Waals surface area contributed by atoms with Gasteiger partial charge in [0.2, 0.25) is 0 Å². The third kappa shape index (κ3) is 2.71. The van der Waals surface area contributed by atoms with Gasteiger partial charge in [-0.15, -0.1) is 11.8 Å². The van der Waals surface area contributed by atoms with Crippen LogP contribution in [-0.4, -0.2) is 0 Å². The van der Waals surface area contributed by atoms with Crippen LogP contribution in [0.15, 0.2) is 28.7 Å². The first kappa shape index (κ1) is 9.35. The minimum atomic E-state index is 0.944. The van der Waals surface area contributed by atoms with Crippen molar-refractivity contribution in [1.29, 1.82) is 0 Å². The van der Waals surface area contributed by atoms with Crippen LogP contribution in [0.4, 0.5) is 0 Å². The van der Waals surface area contributed by atoms with Gasteiger partial charge in [-0.1, -0.05) is 34.1 Å². The van der Waals surface area contributed by atoms with E-state index >= 15 is 0 Å². The Hall–Kier alpha value is -0.740. The van der Waals surface area contributed by atoms with Crippen LogP contribution in [0.2, 0.25) is 0 Å². The van der Waals surface area contributed by atoms with Gasteiger partial charge in [-0.05, 0) is 25.0 Å². The molecule has 0 aliphatic heterocycles. The second kappa shape index (κ2) is 5.00. The lowest BCUT2D eigenvalue weighted by Gasteiger charge is -1.99. The number of hydrogen-bond donors (Lipinski definition) is 0. The average molecular weight is 223 g/mol. The zero-order chi connectivity index (χ0) is 8.81. The van der Waals surface area contributed by atoms with Gasteiger partial charge < -0.3 is 0 Å². The molecule has 0 N–H and O–H groups in total. The van der Waals surface area contributed by atoms with Crippen molar-refractivity contribution >= 4 is 15.9 Å². The molecule has 0 spiro atoms. The maximum absolute atomic E-state index is 3.50. The quantitative estimate of drug-likeness (QED) is 0.674. The van der Waals surface area contributed by atoms with E-state index in [4.69, 9.17) is 0 Å². The summed E-state index contributed by atoms with van der Waals surface area (Å²) < 4.78 is 1.18. The molecule has 0 atom stereocenters. The van der Waals surface area contributed by atoms with E-state index in [2.05, 4.69) is 46.0 Å². The van der Waals surface area contributed by atoms with Gasteiger partial charge in [0.1, 0.15) is 0 Å². The van der Waals surface area contributed by atoms with Crippen LogP contribution in [0, 0.1) is 11.8 Å². The van der Waals surface area contributed by atoms with Gasteiger partial charge in [-0.25, -0.2) is 0 Å². The molecule has 0 saturated heterocycles. The van der Waals surface area contributed by atoms with Crippen LogP contribution in [-0.2, 0) is 6.42 Å². The summed E-state index contributed by atoms with van der Waals surface area (Å²) in [4.78, 5) is 0. The van der Waals surface area contributed by atoms with Gasteiger partial charge in [0.15, 0.2) is 0 Å². The van der Waals surface area contributed by atoms with E-state index in [-0.39, 0.29) is 0 Å². The Kier molecular flexibility index (Phi) is 3.90. The van der Waals surface area contributed by atoms with E-state index in [1.807, 2.05) is 13.0 Å². The minimum absolute atomic E-state index is 0.944. The molecule has 0 aliphatic carbocycles. The van der Waals surface area contributed by atoms with Gasteiger partial charge in [0.05, 0.1) is 0 Å². The normalized spacial score (nSPS) is 8.83. The molecule has 1 heteroatoms.